The van der Waals surface area contributed by atoms with Gasteiger partial charge in [-0.2, -0.15) is 23.5 Å². The maximum atomic E-state index is 13.2. The number of pyridine rings is 3. The van der Waals surface area contributed by atoms with Crippen molar-refractivity contribution in [2.24, 2.45) is 0 Å². The van der Waals surface area contributed by atoms with Crippen LogP contribution in [0.3, 0.4) is 0 Å². The van der Waals surface area contributed by atoms with Gasteiger partial charge < -0.3 is 66.7 Å². The van der Waals surface area contributed by atoms with E-state index in [0.717, 1.165) is 66.4 Å². The van der Waals surface area contributed by atoms with Crippen molar-refractivity contribution in [1.82, 2.24) is 62.1 Å². The minimum atomic E-state index is -0.598. The molecule has 0 unspecified atom stereocenters. The molecule has 582 valence electrons. The van der Waals surface area contributed by atoms with Gasteiger partial charge in [0.05, 0.1) is 6.04 Å². The predicted molar refractivity (Wildman–Crippen MR) is 442 cm³/mol. The SMILES string of the molecule is CC(C)(C)OC(=O)N[C@H](CN[C@@H](Cc1ccccc1)C(=O)NCCc1cccnc1)Cc1ccccc1.CC(C)(C)OC(=O)N[C@H](CSCCC(=O)NCc1cccnc1)Cc1c[nH]c2ccccc12.CC(C)(C)OC(=O)N[C@H](CSC[C@H](Nc1ccccc1)C(=O)NCc1cccnc1)Cc1c[nH]c2ccccc12. The molecule has 10 aromatic rings. The van der Waals surface area contributed by atoms with Gasteiger partial charge in [-0.05, 0) is 176 Å². The Labute approximate surface area is 655 Å². The number of anilines is 1. The highest BCUT2D eigenvalue weighted by atomic mass is 32.2. The molecule has 22 nitrogen and oxygen atoms in total. The third kappa shape index (κ3) is 32.6. The number of hydrogen-bond donors (Lipinski definition) is 10. The van der Waals surface area contributed by atoms with Gasteiger partial charge in [-0.3, -0.25) is 29.3 Å². The van der Waals surface area contributed by atoms with Crippen LogP contribution in [0.25, 0.3) is 21.8 Å². The summed E-state index contributed by atoms with van der Waals surface area (Å²) >= 11 is 3.25. The van der Waals surface area contributed by atoms with Crippen LogP contribution >= 0.6 is 23.5 Å². The van der Waals surface area contributed by atoms with Crippen molar-refractivity contribution < 1.29 is 43.0 Å². The van der Waals surface area contributed by atoms with Crippen LogP contribution in [-0.2, 0) is 73.8 Å². The lowest BCUT2D eigenvalue weighted by Crippen LogP contribution is -2.52. The van der Waals surface area contributed by atoms with Crippen LogP contribution in [0.15, 0.2) is 225 Å². The number of ether oxygens (including phenoxy) is 3. The minimum absolute atomic E-state index is 0.000340. The van der Waals surface area contributed by atoms with E-state index in [1.807, 2.05) is 245 Å². The number of amides is 6. The monoisotopic (exact) mass is 1530 g/mol. The van der Waals surface area contributed by atoms with Crippen molar-refractivity contribution in [3.8, 4) is 0 Å². The molecule has 10 N–H and O–H groups in total. The molecule has 0 bridgehead atoms. The van der Waals surface area contributed by atoms with Crippen LogP contribution in [0, 0.1) is 0 Å². The van der Waals surface area contributed by atoms with Crippen molar-refractivity contribution in [1.29, 1.82) is 0 Å². The number of benzene rings is 5. The molecule has 0 saturated heterocycles. The normalized spacial score (nSPS) is 12.7. The van der Waals surface area contributed by atoms with E-state index < -0.39 is 47.2 Å². The number of para-hydroxylation sites is 3. The Kier molecular flexibility index (Phi) is 34.0. The van der Waals surface area contributed by atoms with Crippen molar-refractivity contribution in [2.75, 3.05) is 41.4 Å². The Hall–Kier alpha value is -10.7. The number of alkyl carbamates (subject to hydrolysis) is 3. The Morgan fingerprint density at radius 3 is 1.35 bits per heavy atom. The van der Waals surface area contributed by atoms with Crippen LogP contribution in [-0.4, -0.2) is 144 Å². The van der Waals surface area contributed by atoms with Gasteiger partial charge >= 0.3 is 18.3 Å². The van der Waals surface area contributed by atoms with E-state index in [1.165, 1.54) is 0 Å². The first-order chi connectivity index (χ1) is 52.8. The second-order valence-corrected chi connectivity index (χ2v) is 31.8. The highest BCUT2D eigenvalue weighted by Gasteiger charge is 2.27. The van der Waals surface area contributed by atoms with E-state index >= 15 is 0 Å². The third-order valence-electron chi connectivity index (χ3n) is 16.6. The topological polar surface area (TPSA) is 297 Å². The fourth-order valence-electron chi connectivity index (χ4n) is 11.6. The highest BCUT2D eigenvalue weighted by molar-refractivity contribution is 7.99. The number of aromatic nitrogens is 5. The number of rotatable bonds is 34. The van der Waals surface area contributed by atoms with Gasteiger partial charge in [0.25, 0.3) is 0 Å². The van der Waals surface area contributed by atoms with Gasteiger partial charge in [0.2, 0.25) is 17.7 Å². The van der Waals surface area contributed by atoms with E-state index in [2.05, 4.69) is 79.6 Å². The highest BCUT2D eigenvalue weighted by Crippen LogP contribution is 2.24. The summed E-state index contributed by atoms with van der Waals surface area (Å²) in [5.74, 6) is 2.26. The molecular weight excluding hydrogens is 1420 g/mol. The molecule has 0 saturated carbocycles. The van der Waals surface area contributed by atoms with E-state index in [9.17, 15) is 28.8 Å². The fraction of sp³-hybridized carbons (Fsp3) is 0.360. The molecule has 5 atom stereocenters. The predicted octanol–water partition coefficient (Wildman–Crippen LogP) is 14.0. The number of carbonyl (C=O) groups excluding carboxylic acids is 6. The quantitative estimate of drug-likeness (QED) is 0.0132. The summed E-state index contributed by atoms with van der Waals surface area (Å²) in [6, 6.07) is 55.7. The largest absolute Gasteiger partial charge is 0.444 e. The Morgan fingerprint density at radius 1 is 0.427 bits per heavy atom. The van der Waals surface area contributed by atoms with E-state index in [-0.39, 0.29) is 35.8 Å². The van der Waals surface area contributed by atoms with Crippen LogP contribution in [0.2, 0.25) is 0 Å². The number of thioether (sulfide) groups is 2. The maximum absolute atomic E-state index is 13.2. The molecule has 0 radical (unpaired) electrons. The molecule has 0 fully saturated rings. The lowest BCUT2D eigenvalue weighted by atomic mass is 10.0. The van der Waals surface area contributed by atoms with E-state index in [4.69, 9.17) is 14.2 Å². The summed E-state index contributed by atoms with van der Waals surface area (Å²) in [6.45, 7) is 18.4. The second-order valence-electron chi connectivity index (χ2n) is 29.5. The molecule has 0 aliphatic rings. The van der Waals surface area contributed by atoms with Crippen LogP contribution in [0.1, 0.15) is 108 Å². The molecule has 6 amide bonds. The molecule has 0 aliphatic heterocycles. The molecule has 5 heterocycles. The molecule has 24 heteroatoms. The number of nitrogens with zero attached hydrogens (tertiary/aromatic N) is 3. The summed E-state index contributed by atoms with van der Waals surface area (Å²) < 4.78 is 16.5. The average molecular weight is 1530 g/mol. The molecule has 110 heavy (non-hydrogen) atoms. The van der Waals surface area contributed by atoms with Gasteiger partial charge in [0.1, 0.15) is 22.8 Å². The minimum Gasteiger partial charge on any atom is -0.444 e. The van der Waals surface area contributed by atoms with Crippen LogP contribution in [0.5, 0.6) is 0 Å². The summed E-state index contributed by atoms with van der Waals surface area (Å²) in [5, 5.41) is 27.1. The molecule has 10 rings (SSSR count). The lowest BCUT2D eigenvalue weighted by Gasteiger charge is -2.26. The van der Waals surface area contributed by atoms with Gasteiger partial charge in [-0.15, -0.1) is 0 Å². The average Bonchev–Trinajstić information content (AvgIpc) is 1.68. The standard InChI is InChI=1S/C31H37N5O3S.C30H38N4O3.C25H32N4O3S/c1-31(2,3)39-30(38)36-25(16-23-19-33-27-14-8-7-13-26(23)27)20-40-21-28(35-24-11-5-4-6-12-24)29(37)34-18-22-10-9-15-32-17-22;1-30(2,3)37-29(36)34-26(19-23-11-6-4-7-12-23)22-33-27(20-24-13-8-5-9-14-24)28(35)32-18-16-25-15-10-17-31-21-25;1-25(2,3)32-24(31)29-20(13-19-16-27-22-9-5-4-8-21(19)22)17-33-12-10-23(30)28-15-18-7-6-11-26-14-18/h4-15,17,19,25,28,33,35H,16,18,20-21H2,1-3H3,(H,34,37)(H,36,38);4-15,17,21,26-27,33H,16,18-20,22H2,1-3H3,(H,32,35)(H,34,36);4-9,11,14,16,20,27H,10,12-13,15,17H2,1-3H3,(H,28,30)(H,29,31)/t25-,28-;26-,27-;20-/m000/s1. The van der Waals surface area contributed by atoms with Crippen LogP contribution in [0.4, 0.5) is 20.1 Å². The van der Waals surface area contributed by atoms with Crippen molar-refractivity contribution in [3.05, 3.63) is 264 Å². The summed E-state index contributed by atoms with van der Waals surface area (Å²) in [6.07, 6.45) is 16.6. The van der Waals surface area contributed by atoms with Crippen molar-refractivity contribution in [2.45, 2.75) is 161 Å². The van der Waals surface area contributed by atoms with Gasteiger partial charge in [0.15, 0.2) is 0 Å². The Bertz CT molecular complexity index is 4390. The van der Waals surface area contributed by atoms with Gasteiger partial charge in [-0.25, -0.2) is 14.4 Å². The zero-order valence-corrected chi connectivity index (χ0v) is 66.1. The maximum Gasteiger partial charge on any atom is 0.407 e. The first-order valence-corrected chi connectivity index (χ1v) is 39.5. The first-order valence-electron chi connectivity index (χ1n) is 37.2. The molecule has 0 spiro atoms. The molecule has 0 aliphatic carbocycles. The second kappa shape index (κ2) is 44.1. The number of carbonyl (C=O) groups is 6. The Morgan fingerprint density at radius 2 is 0.855 bits per heavy atom. The fourth-order valence-corrected chi connectivity index (χ4v) is 13.6. The number of hydrogen-bond acceptors (Lipinski definition) is 16. The first kappa shape index (κ1) is 84.9. The number of nitrogens with one attached hydrogen (secondary N) is 10. The zero-order chi connectivity index (χ0) is 78.6. The van der Waals surface area contributed by atoms with E-state index in [0.29, 0.717) is 87.7 Å². The number of aromatic amines is 2. The summed E-state index contributed by atoms with van der Waals surface area (Å²) in [4.78, 5) is 95.2. The number of H-pyrrole nitrogens is 2. The van der Waals surface area contributed by atoms with Crippen molar-refractivity contribution in [3.63, 3.8) is 0 Å². The van der Waals surface area contributed by atoms with Crippen molar-refractivity contribution >= 4 is 87.0 Å². The molecule has 5 aromatic heterocycles. The summed E-state index contributed by atoms with van der Waals surface area (Å²) in [7, 11) is 0. The van der Waals surface area contributed by atoms with Crippen LogP contribution < -0.4 is 42.5 Å². The molecular formula is C86H107N13O9S2. The molecule has 5 aromatic carbocycles. The zero-order valence-electron chi connectivity index (χ0n) is 64.5. The summed E-state index contributed by atoms with van der Waals surface area (Å²) in [5.41, 5.74) is 8.61. The van der Waals surface area contributed by atoms with Gasteiger partial charge in [0, 0.05) is 151 Å². The van der Waals surface area contributed by atoms with Gasteiger partial charge in [-0.1, -0.05) is 133 Å². The Balaban J connectivity index is 0.000000208. The smallest absolute Gasteiger partial charge is 0.407 e. The van der Waals surface area contributed by atoms with E-state index in [1.54, 1.807) is 54.5 Å². The third-order valence-corrected chi connectivity index (χ3v) is 19.0. The lowest BCUT2D eigenvalue weighted by molar-refractivity contribution is -0.123. The number of fused-ring (bicyclic) bond motifs is 2.